The predicted octanol–water partition coefficient (Wildman–Crippen LogP) is 3.83. The number of benzene rings is 2. The first-order chi connectivity index (χ1) is 13.7. The van der Waals surface area contributed by atoms with Crippen LogP contribution in [-0.2, 0) is 20.2 Å². The maximum absolute atomic E-state index is 12.8. The summed E-state index contributed by atoms with van der Waals surface area (Å²) in [6, 6.07) is 16.3. The number of hydrogen-bond acceptors (Lipinski definition) is 3. The van der Waals surface area contributed by atoms with Gasteiger partial charge in [0, 0.05) is 36.0 Å². The Hall–Kier alpha value is -1.89. The molecule has 0 aromatic heterocycles. The van der Waals surface area contributed by atoms with Crippen LogP contribution in [0.1, 0.15) is 32.3 Å². The molecule has 0 atom stereocenters. The molecule has 1 fully saturated rings. The van der Waals surface area contributed by atoms with Gasteiger partial charge in [0.1, 0.15) is 0 Å². The van der Waals surface area contributed by atoms with E-state index in [9.17, 15) is 13.2 Å². The molecule has 5 nitrogen and oxygen atoms in total. The van der Waals surface area contributed by atoms with Crippen molar-refractivity contribution in [2.45, 2.75) is 37.0 Å². The van der Waals surface area contributed by atoms with E-state index in [1.54, 1.807) is 12.1 Å². The van der Waals surface area contributed by atoms with E-state index in [4.69, 9.17) is 11.6 Å². The van der Waals surface area contributed by atoms with Crippen molar-refractivity contribution in [3.05, 3.63) is 65.2 Å². The van der Waals surface area contributed by atoms with E-state index in [1.807, 2.05) is 18.2 Å². The first kappa shape index (κ1) is 21.8. The lowest BCUT2D eigenvalue weighted by atomic mass is 9.84. The van der Waals surface area contributed by atoms with Crippen molar-refractivity contribution in [3.63, 3.8) is 0 Å². The van der Waals surface area contributed by atoms with Crippen LogP contribution in [0.15, 0.2) is 59.5 Å². The number of nitrogens with one attached hydrogen (secondary N) is 1. The van der Waals surface area contributed by atoms with Crippen LogP contribution in [0, 0.1) is 5.92 Å². The summed E-state index contributed by atoms with van der Waals surface area (Å²) in [5.41, 5.74) is 0.999. The molecule has 0 saturated carbocycles. The highest BCUT2D eigenvalue weighted by molar-refractivity contribution is 7.89. The Morgan fingerprint density at radius 1 is 1.07 bits per heavy atom. The molecule has 0 bridgehead atoms. The summed E-state index contributed by atoms with van der Waals surface area (Å²) in [5, 5.41) is 3.56. The van der Waals surface area contributed by atoms with E-state index >= 15 is 0 Å². The van der Waals surface area contributed by atoms with E-state index in [-0.39, 0.29) is 22.1 Å². The second kappa shape index (κ2) is 8.86. The number of piperidine rings is 1. The number of halogens is 1. The number of amides is 1. The molecule has 1 N–H and O–H groups in total. The van der Waals surface area contributed by atoms with E-state index < -0.39 is 10.0 Å². The summed E-state index contributed by atoms with van der Waals surface area (Å²) in [6.07, 6.45) is 1.04. The lowest BCUT2D eigenvalue weighted by Gasteiger charge is -2.32. The van der Waals surface area contributed by atoms with Crippen molar-refractivity contribution in [2.75, 3.05) is 19.6 Å². The summed E-state index contributed by atoms with van der Waals surface area (Å²) >= 11 is 5.85. The highest BCUT2D eigenvalue weighted by atomic mass is 35.5. The molecular weight excluding hydrogens is 408 g/mol. The molecule has 0 aliphatic carbocycles. The van der Waals surface area contributed by atoms with Crippen LogP contribution >= 0.6 is 11.6 Å². The third kappa shape index (κ3) is 5.18. The summed E-state index contributed by atoms with van der Waals surface area (Å²) in [5.74, 6) is -0.171. The average molecular weight is 435 g/mol. The van der Waals surface area contributed by atoms with Gasteiger partial charge in [0.25, 0.3) is 0 Å². The van der Waals surface area contributed by atoms with Gasteiger partial charge in [-0.2, -0.15) is 4.31 Å². The van der Waals surface area contributed by atoms with Gasteiger partial charge in [0.15, 0.2) is 0 Å². The van der Waals surface area contributed by atoms with Crippen molar-refractivity contribution in [1.82, 2.24) is 9.62 Å². The van der Waals surface area contributed by atoms with Crippen LogP contribution in [0.4, 0.5) is 0 Å². The lowest BCUT2D eigenvalue weighted by molar-refractivity contribution is -0.126. The fourth-order valence-corrected chi connectivity index (χ4v) is 5.15. The molecule has 1 aliphatic heterocycles. The van der Waals surface area contributed by atoms with E-state index in [1.165, 1.54) is 22.0 Å². The Morgan fingerprint density at radius 3 is 2.24 bits per heavy atom. The van der Waals surface area contributed by atoms with Crippen LogP contribution in [0.2, 0.25) is 5.02 Å². The monoisotopic (exact) mass is 434 g/mol. The largest absolute Gasteiger partial charge is 0.355 e. The van der Waals surface area contributed by atoms with Crippen molar-refractivity contribution in [3.8, 4) is 0 Å². The van der Waals surface area contributed by atoms with E-state index in [2.05, 4.69) is 31.3 Å². The second-order valence-electron chi connectivity index (χ2n) is 8.10. The van der Waals surface area contributed by atoms with Crippen LogP contribution in [0.3, 0.4) is 0 Å². The molecule has 0 unspecified atom stereocenters. The van der Waals surface area contributed by atoms with Gasteiger partial charge in [-0.3, -0.25) is 4.79 Å². The van der Waals surface area contributed by atoms with Gasteiger partial charge in [-0.1, -0.05) is 55.8 Å². The minimum Gasteiger partial charge on any atom is -0.355 e. The van der Waals surface area contributed by atoms with Crippen LogP contribution < -0.4 is 5.32 Å². The summed E-state index contributed by atoms with van der Waals surface area (Å²) in [4.78, 5) is 12.9. The molecule has 2 aromatic carbocycles. The van der Waals surface area contributed by atoms with Crippen molar-refractivity contribution in [2.24, 2.45) is 5.92 Å². The SMILES string of the molecule is CC(C)(CNC(=O)C1CCN(S(=O)(=O)c2ccc(Cl)cc2)CC1)c1ccccc1. The Balaban J connectivity index is 1.55. The number of sulfonamides is 1. The van der Waals surface area contributed by atoms with Gasteiger partial charge in [-0.25, -0.2) is 8.42 Å². The normalized spacial score (nSPS) is 16.5. The van der Waals surface area contributed by atoms with E-state index in [0.717, 1.165) is 0 Å². The summed E-state index contributed by atoms with van der Waals surface area (Å²) in [7, 11) is -3.56. The molecule has 0 radical (unpaired) electrons. The molecule has 1 heterocycles. The smallest absolute Gasteiger partial charge is 0.243 e. The Bertz CT molecular complexity index is 936. The molecule has 29 heavy (non-hydrogen) atoms. The number of carbonyl (C=O) groups excluding carboxylic acids is 1. The molecule has 7 heteroatoms. The van der Waals surface area contributed by atoms with Crippen molar-refractivity contribution in [1.29, 1.82) is 0 Å². The molecule has 3 rings (SSSR count). The Morgan fingerprint density at radius 2 is 1.66 bits per heavy atom. The van der Waals surface area contributed by atoms with Crippen molar-refractivity contribution < 1.29 is 13.2 Å². The molecule has 0 spiro atoms. The summed E-state index contributed by atoms with van der Waals surface area (Å²) < 4.78 is 27.0. The average Bonchev–Trinajstić information content (AvgIpc) is 2.73. The number of hydrogen-bond donors (Lipinski definition) is 1. The maximum Gasteiger partial charge on any atom is 0.243 e. The van der Waals surface area contributed by atoms with Gasteiger partial charge in [-0.05, 0) is 42.7 Å². The zero-order valence-electron chi connectivity index (χ0n) is 16.8. The molecule has 1 amide bonds. The number of carbonyl (C=O) groups is 1. The fourth-order valence-electron chi connectivity index (χ4n) is 3.56. The highest BCUT2D eigenvalue weighted by Gasteiger charge is 2.32. The molecule has 1 saturated heterocycles. The quantitative estimate of drug-likeness (QED) is 0.751. The Labute approximate surface area is 178 Å². The molecule has 2 aromatic rings. The second-order valence-corrected chi connectivity index (χ2v) is 10.5. The van der Waals surface area contributed by atoms with Crippen molar-refractivity contribution >= 4 is 27.5 Å². The molecular formula is C22H27ClN2O3S. The third-order valence-corrected chi connectivity index (χ3v) is 7.70. The molecule has 156 valence electrons. The minimum absolute atomic E-state index is 0.00227. The zero-order valence-corrected chi connectivity index (χ0v) is 18.3. The van der Waals surface area contributed by atoms with Crippen LogP contribution in [0.25, 0.3) is 0 Å². The number of rotatable bonds is 6. The molecule has 1 aliphatic rings. The minimum atomic E-state index is -3.56. The third-order valence-electron chi connectivity index (χ3n) is 5.54. The lowest BCUT2D eigenvalue weighted by Crippen LogP contribution is -2.45. The van der Waals surface area contributed by atoms with Crippen LogP contribution in [0.5, 0.6) is 0 Å². The number of nitrogens with zero attached hydrogens (tertiary/aromatic N) is 1. The van der Waals surface area contributed by atoms with Crippen LogP contribution in [-0.4, -0.2) is 38.3 Å². The topological polar surface area (TPSA) is 66.5 Å². The first-order valence-corrected chi connectivity index (χ1v) is 11.6. The predicted molar refractivity (Wildman–Crippen MR) is 115 cm³/mol. The Kier molecular flexibility index (Phi) is 6.66. The fraction of sp³-hybridized carbons (Fsp3) is 0.409. The van der Waals surface area contributed by atoms with Gasteiger partial charge in [-0.15, -0.1) is 0 Å². The van der Waals surface area contributed by atoms with Gasteiger partial charge in [0.2, 0.25) is 15.9 Å². The standard InChI is InChI=1S/C22H27ClN2O3S/c1-22(2,18-6-4-3-5-7-18)16-24-21(26)17-12-14-25(15-13-17)29(27,28)20-10-8-19(23)9-11-20/h3-11,17H,12-16H2,1-2H3,(H,24,26). The van der Waals surface area contributed by atoms with Gasteiger partial charge in [0.05, 0.1) is 4.90 Å². The first-order valence-electron chi connectivity index (χ1n) is 9.79. The summed E-state index contributed by atoms with van der Waals surface area (Å²) in [6.45, 7) is 5.42. The van der Waals surface area contributed by atoms with Gasteiger partial charge < -0.3 is 5.32 Å². The highest BCUT2D eigenvalue weighted by Crippen LogP contribution is 2.26. The zero-order chi connectivity index (χ0) is 21.1. The van der Waals surface area contributed by atoms with E-state index in [0.29, 0.717) is 37.5 Å². The van der Waals surface area contributed by atoms with Gasteiger partial charge >= 0.3 is 0 Å². The maximum atomic E-state index is 12.8.